The number of rotatable bonds is 7. The number of benzene rings is 2. The first kappa shape index (κ1) is 19.0. The summed E-state index contributed by atoms with van der Waals surface area (Å²) in [5, 5.41) is 11.6. The van der Waals surface area contributed by atoms with Crippen molar-refractivity contribution >= 4 is 33.5 Å². The zero-order valence-electron chi connectivity index (χ0n) is 14.1. The van der Waals surface area contributed by atoms with Crippen LogP contribution in [0.25, 0.3) is 0 Å². The molecule has 2 aromatic rings. The molecule has 2 aromatic carbocycles. The molecule has 0 saturated carbocycles. The molecule has 6 heteroatoms. The van der Waals surface area contributed by atoms with Gasteiger partial charge in [0.25, 0.3) is 5.91 Å². The highest BCUT2D eigenvalue weighted by molar-refractivity contribution is 9.10. The fraction of sp³-hybridized carbons (Fsp3) is 0.263. The number of hydrogen-bond acceptors (Lipinski definition) is 3. The van der Waals surface area contributed by atoms with Crippen LogP contribution in [-0.4, -0.2) is 23.6 Å². The van der Waals surface area contributed by atoms with Crippen LogP contribution in [0.2, 0.25) is 0 Å². The summed E-state index contributed by atoms with van der Waals surface area (Å²) in [5.74, 6) is -0.366. The molecule has 0 saturated heterocycles. The van der Waals surface area contributed by atoms with Gasteiger partial charge >= 0.3 is 5.97 Å². The molecule has 0 fully saturated rings. The molecule has 0 bridgehead atoms. The van der Waals surface area contributed by atoms with Crippen molar-refractivity contribution in [2.75, 3.05) is 11.9 Å². The Morgan fingerprint density at radius 3 is 2.64 bits per heavy atom. The van der Waals surface area contributed by atoms with E-state index in [2.05, 4.69) is 35.1 Å². The van der Waals surface area contributed by atoms with Crippen LogP contribution in [0.4, 0.5) is 5.69 Å². The van der Waals surface area contributed by atoms with E-state index in [1.165, 1.54) is 17.7 Å². The molecule has 0 aliphatic heterocycles. The van der Waals surface area contributed by atoms with Crippen molar-refractivity contribution in [2.45, 2.75) is 26.2 Å². The maximum Gasteiger partial charge on any atom is 0.335 e. The van der Waals surface area contributed by atoms with Crippen molar-refractivity contribution in [2.24, 2.45) is 0 Å². The number of nitrogens with one attached hydrogen (secondary N) is 1. The third kappa shape index (κ3) is 5.32. The molecular formula is C19H20BrNO4. The van der Waals surface area contributed by atoms with E-state index in [1.807, 2.05) is 18.2 Å². The van der Waals surface area contributed by atoms with Crippen LogP contribution in [0.5, 0.6) is 5.75 Å². The van der Waals surface area contributed by atoms with Gasteiger partial charge < -0.3 is 15.2 Å². The lowest BCUT2D eigenvalue weighted by Crippen LogP contribution is -2.20. The Morgan fingerprint density at radius 1 is 1.24 bits per heavy atom. The fourth-order valence-corrected chi connectivity index (χ4v) is 2.76. The average molecular weight is 406 g/mol. The molecule has 1 atom stereocenters. The van der Waals surface area contributed by atoms with Crippen molar-refractivity contribution < 1.29 is 19.4 Å². The first-order valence-electron chi connectivity index (χ1n) is 7.96. The fourth-order valence-electron chi connectivity index (χ4n) is 2.25. The summed E-state index contributed by atoms with van der Waals surface area (Å²) in [4.78, 5) is 22.9. The molecule has 5 nitrogen and oxygen atoms in total. The summed E-state index contributed by atoms with van der Waals surface area (Å²) in [6, 6.07) is 11.9. The van der Waals surface area contributed by atoms with Gasteiger partial charge in [-0.2, -0.15) is 0 Å². The van der Waals surface area contributed by atoms with Gasteiger partial charge in [0.1, 0.15) is 5.75 Å². The topological polar surface area (TPSA) is 75.6 Å². The minimum Gasteiger partial charge on any atom is -0.483 e. The SMILES string of the molecule is CCC(C)c1ccc(OCC(=O)Nc2cccc(C(=O)O)c2)c(Br)c1. The van der Waals surface area contributed by atoms with Gasteiger partial charge in [-0.25, -0.2) is 4.79 Å². The van der Waals surface area contributed by atoms with Crippen molar-refractivity contribution in [3.63, 3.8) is 0 Å². The predicted octanol–water partition coefficient (Wildman–Crippen LogP) is 4.68. The number of aromatic carboxylic acids is 1. The van der Waals surface area contributed by atoms with Gasteiger partial charge in [-0.1, -0.05) is 26.0 Å². The Labute approximate surface area is 155 Å². The summed E-state index contributed by atoms with van der Waals surface area (Å²) in [7, 11) is 0. The van der Waals surface area contributed by atoms with Gasteiger partial charge in [0.15, 0.2) is 6.61 Å². The lowest BCUT2D eigenvalue weighted by atomic mass is 9.99. The highest BCUT2D eigenvalue weighted by Gasteiger charge is 2.10. The van der Waals surface area contributed by atoms with E-state index in [-0.39, 0.29) is 18.1 Å². The van der Waals surface area contributed by atoms with E-state index in [1.54, 1.807) is 12.1 Å². The van der Waals surface area contributed by atoms with Crippen molar-refractivity contribution in [1.29, 1.82) is 0 Å². The number of carbonyl (C=O) groups is 2. The van der Waals surface area contributed by atoms with E-state index in [0.717, 1.165) is 10.9 Å². The molecule has 0 aliphatic carbocycles. The molecule has 0 spiro atoms. The van der Waals surface area contributed by atoms with Crippen LogP contribution in [-0.2, 0) is 4.79 Å². The van der Waals surface area contributed by atoms with Crippen LogP contribution < -0.4 is 10.1 Å². The van der Waals surface area contributed by atoms with Gasteiger partial charge in [0.2, 0.25) is 0 Å². The lowest BCUT2D eigenvalue weighted by molar-refractivity contribution is -0.118. The van der Waals surface area contributed by atoms with Crippen molar-refractivity contribution in [3.8, 4) is 5.75 Å². The van der Waals surface area contributed by atoms with Gasteiger partial charge in [-0.05, 0) is 64.2 Å². The molecular weight excluding hydrogens is 386 g/mol. The monoisotopic (exact) mass is 405 g/mol. The highest BCUT2D eigenvalue weighted by atomic mass is 79.9. The molecule has 132 valence electrons. The molecule has 0 aliphatic rings. The Bertz CT molecular complexity index is 776. The largest absolute Gasteiger partial charge is 0.483 e. The van der Waals surface area contributed by atoms with E-state index in [0.29, 0.717) is 17.4 Å². The summed E-state index contributed by atoms with van der Waals surface area (Å²) in [5.41, 5.74) is 1.73. The van der Waals surface area contributed by atoms with Crippen molar-refractivity contribution in [1.82, 2.24) is 0 Å². The van der Waals surface area contributed by atoms with Gasteiger partial charge in [0.05, 0.1) is 10.0 Å². The van der Waals surface area contributed by atoms with Crippen LogP contribution in [0.3, 0.4) is 0 Å². The average Bonchev–Trinajstić information content (AvgIpc) is 2.60. The second kappa shape index (κ2) is 8.67. The van der Waals surface area contributed by atoms with E-state index in [4.69, 9.17) is 9.84 Å². The maximum atomic E-state index is 12.0. The molecule has 1 unspecified atom stereocenters. The second-order valence-electron chi connectivity index (χ2n) is 5.72. The van der Waals surface area contributed by atoms with E-state index < -0.39 is 5.97 Å². The zero-order valence-corrected chi connectivity index (χ0v) is 15.7. The first-order valence-corrected chi connectivity index (χ1v) is 8.75. The van der Waals surface area contributed by atoms with Gasteiger partial charge in [0, 0.05) is 5.69 Å². The number of carbonyl (C=O) groups excluding carboxylic acids is 1. The van der Waals surface area contributed by atoms with Crippen LogP contribution in [0.15, 0.2) is 46.9 Å². The third-order valence-corrected chi connectivity index (χ3v) is 4.51. The van der Waals surface area contributed by atoms with Crippen LogP contribution in [0.1, 0.15) is 42.1 Å². The first-order chi connectivity index (χ1) is 11.9. The smallest absolute Gasteiger partial charge is 0.335 e. The summed E-state index contributed by atoms with van der Waals surface area (Å²) >= 11 is 3.47. The molecule has 0 aromatic heterocycles. The molecule has 2 N–H and O–H groups in total. The molecule has 0 heterocycles. The number of hydrogen-bond donors (Lipinski definition) is 2. The maximum absolute atomic E-state index is 12.0. The predicted molar refractivity (Wildman–Crippen MR) is 100 cm³/mol. The minimum absolute atomic E-state index is 0.113. The Balaban J connectivity index is 1.96. The number of amides is 1. The number of anilines is 1. The zero-order chi connectivity index (χ0) is 18.4. The molecule has 2 rings (SSSR count). The van der Waals surface area contributed by atoms with Gasteiger partial charge in [-0.3, -0.25) is 4.79 Å². The second-order valence-corrected chi connectivity index (χ2v) is 6.58. The van der Waals surface area contributed by atoms with Gasteiger partial charge in [-0.15, -0.1) is 0 Å². The molecule has 1 amide bonds. The number of ether oxygens (including phenoxy) is 1. The summed E-state index contributed by atoms with van der Waals surface area (Å²) < 4.78 is 6.34. The van der Waals surface area contributed by atoms with Crippen LogP contribution in [0, 0.1) is 0 Å². The Morgan fingerprint density at radius 2 is 2.00 bits per heavy atom. The van der Waals surface area contributed by atoms with Crippen LogP contribution >= 0.6 is 15.9 Å². The lowest BCUT2D eigenvalue weighted by Gasteiger charge is -2.13. The summed E-state index contributed by atoms with van der Waals surface area (Å²) in [6.45, 7) is 4.12. The van der Waals surface area contributed by atoms with Crippen molar-refractivity contribution in [3.05, 3.63) is 58.1 Å². The minimum atomic E-state index is -1.04. The standard InChI is InChI=1S/C19H20BrNO4/c1-3-12(2)13-7-8-17(16(20)10-13)25-11-18(22)21-15-6-4-5-14(9-15)19(23)24/h4-10,12H,3,11H2,1-2H3,(H,21,22)(H,23,24). The normalized spacial score (nSPS) is 11.6. The third-order valence-electron chi connectivity index (χ3n) is 3.89. The highest BCUT2D eigenvalue weighted by Crippen LogP contribution is 2.30. The summed E-state index contributed by atoms with van der Waals surface area (Å²) in [6.07, 6.45) is 1.05. The Hall–Kier alpha value is -2.34. The number of carboxylic acids is 1. The molecule has 25 heavy (non-hydrogen) atoms. The van der Waals surface area contributed by atoms with E-state index in [9.17, 15) is 9.59 Å². The number of carboxylic acid groups (broad SMARTS) is 1. The quantitative estimate of drug-likeness (QED) is 0.700. The molecule has 0 radical (unpaired) electrons. The number of halogens is 1. The van der Waals surface area contributed by atoms with E-state index >= 15 is 0 Å². The Kier molecular flexibility index (Phi) is 6.58.